The van der Waals surface area contributed by atoms with Crippen LogP contribution in [0, 0.1) is 13.0 Å². The molecule has 0 unspecified atom stereocenters. The highest BCUT2D eigenvalue weighted by Crippen LogP contribution is 2.26. The number of halogens is 4. The van der Waals surface area contributed by atoms with E-state index < -0.39 is 0 Å². The molecule has 0 radical (unpaired) electrons. The van der Waals surface area contributed by atoms with Crippen molar-refractivity contribution in [2.24, 2.45) is 0 Å². The molecule has 0 aliphatic rings. The minimum atomic E-state index is -0.204. The standard InChI is InChI=1S/C6H2BrFI2/c7-5-3(8)1-2-4(9)6(5)10/h1-2H. The molecule has 0 fully saturated rings. The molecule has 4 heteroatoms. The first-order valence-electron chi connectivity index (χ1n) is 2.42. The van der Waals surface area contributed by atoms with E-state index in [1.807, 2.05) is 0 Å². The third kappa shape index (κ3) is 1.82. The zero-order valence-electron chi connectivity index (χ0n) is 4.67. The molecule has 0 aromatic heterocycles. The van der Waals surface area contributed by atoms with Crippen molar-refractivity contribution >= 4 is 61.1 Å². The second-order valence-corrected chi connectivity index (χ2v) is 4.69. The summed E-state index contributed by atoms with van der Waals surface area (Å²) in [6.07, 6.45) is 0. The van der Waals surface area contributed by atoms with E-state index in [1.165, 1.54) is 6.07 Å². The lowest BCUT2D eigenvalue weighted by Gasteiger charge is -1.98. The number of hydrogen-bond acceptors (Lipinski definition) is 0. The molecule has 0 aliphatic heterocycles. The van der Waals surface area contributed by atoms with Crippen LogP contribution in [0.25, 0.3) is 0 Å². The fourth-order valence-corrected chi connectivity index (χ4v) is 2.11. The number of rotatable bonds is 0. The van der Waals surface area contributed by atoms with Gasteiger partial charge in [-0.15, -0.1) is 0 Å². The van der Waals surface area contributed by atoms with E-state index in [9.17, 15) is 4.39 Å². The Morgan fingerprint density at radius 3 is 2.40 bits per heavy atom. The van der Waals surface area contributed by atoms with Gasteiger partial charge >= 0.3 is 0 Å². The van der Waals surface area contributed by atoms with Crippen molar-refractivity contribution in [1.29, 1.82) is 0 Å². The Balaban J connectivity index is 3.34. The summed E-state index contributed by atoms with van der Waals surface area (Å²) >= 11 is 7.41. The molecule has 10 heavy (non-hydrogen) atoms. The molecule has 0 aliphatic carbocycles. The van der Waals surface area contributed by atoms with Gasteiger partial charge in [0.25, 0.3) is 0 Å². The first kappa shape index (κ1) is 9.18. The summed E-state index contributed by atoms with van der Waals surface area (Å²) in [5.74, 6) is -0.204. The molecule has 0 saturated heterocycles. The predicted molar refractivity (Wildman–Crippen MR) is 59.5 cm³/mol. The quantitative estimate of drug-likeness (QED) is 0.336. The summed E-state index contributed by atoms with van der Waals surface area (Å²) in [7, 11) is 0. The van der Waals surface area contributed by atoms with E-state index >= 15 is 0 Å². The Labute approximate surface area is 94.0 Å². The number of benzene rings is 1. The predicted octanol–water partition coefficient (Wildman–Crippen LogP) is 3.80. The van der Waals surface area contributed by atoms with Crippen LogP contribution in [0.1, 0.15) is 0 Å². The van der Waals surface area contributed by atoms with Crippen molar-refractivity contribution in [3.63, 3.8) is 0 Å². The molecule has 1 aromatic carbocycles. The maximum absolute atomic E-state index is 12.7. The van der Waals surface area contributed by atoms with Crippen LogP contribution in [0.2, 0.25) is 0 Å². The second kappa shape index (κ2) is 3.66. The van der Waals surface area contributed by atoms with Gasteiger partial charge in [-0.1, -0.05) is 0 Å². The van der Waals surface area contributed by atoms with Crippen LogP contribution in [-0.2, 0) is 0 Å². The van der Waals surface area contributed by atoms with Crippen LogP contribution in [0.3, 0.4) is 0 Å². The zero-order valence-corrected chi connectivity index (χ0v) is 10.6. The molecule has 0 spiro atoms. The van der Waals surface area contributed by atoms with Crippen LogP contribution >= 0.6 is 61.1 Å². The maximum atomic E-state index is 12.7. The highest BCUT2D eigenvalue weighted by Gasteiger charge is 2.05. The van der Waals surface area contributed by atoms with Gasteiger partial charge in [0.2, 0.25) is 0 Å². The fourth-order valence-electron chi connectivity index (χ4n) is 0.502. The van der Waals surface area contributed by atoms with Gasteiger partial charge in [0.1, 0.15) is 5.82 Å². The molecule has 0 N–H and O–H groups in total. The third-order valence-electron chi connectivity index (χ3n) is 0.988. The van der Waals surface area contributed by atoms with E-state index in [0.29, 0.717) is 4.47 Å². The Hall–Kier alpha value is 1.09. The van der Waals surface area contributed by atoms with E-state index in [1.54, 1.807) is 6.07 Å². The largest absolute Gasteiger partial charge is 0.206 e. The summed E-state index contributed by atoms with van der Waals surface area (Å²) in [6, 6.07) is 3.20. The molecule has 1 rings (SSSR count). The van der Waals surface area contributed by atoms with E-state index in [0.717, 1.165) is 7.14 Å². The lowest BCUT2D eigenvalue weighted by Crippen LogP contribution is -1.85. The highest BCUT2D eigenvalue weighted by molar-refractivity contribution is 14.1. The Bertz CT molecular complexity index is 235. The van der Waals surface area contributed by atoms with Crippen molar-refractivity contribution in [2.45, 2.75) is 0 Å². The monoisotopic (exact) mass is 426 g/mol. The molecule has 0 bridgehead atoms. The van der Waals surface area contributed by atoms with Gasteiger partial charge in [0.15, 0.2) is 0 Å². The Kier molecular flexibility index (Phi) is 3.36. The van der Waals surface area contributed by atoms with Gasteiger partial charge in [0, 0.05) is 7.14 Å². The van der Waals surface area contributed by atoms with Crippen LogP contribution in [0.15, 0.2) is 16.6 Å². The maximum Gasteiger partial charge on any atom is 0.138 e. The van der Waals surface area contributed by atoms with Crippen molar-refractivity contribution in [3.8, 4) is 0 Å². The van der Waals surface area contributed by atoms with Gasteiger partial charge in [-0.25, -0.2) is 4.39 Å². The Morgan fingerprint density at radius 1 is 1.30 bits per heavy atom. The third-order valence-corrected chi connectivity index (χ3v) is 5.56. The minimum Gasteiger partial charge on any atom is -0.206 e. The lowest BCUT2D eigenvalue weighted by molar-refractivity contribution is 0.619. The zero-order chi connectivity index (χ0) is 7.72. The van der Waals surface area contributed by atoms with Gasteiger partial charge in [0.05, 0.1) is 4.47 Å². The summed E-state index contributed by atoms with van der Waals surface area (Å²) in [6.45, 7) is 0. The van der Waals surface area contributed by atoms with Crippen LogP contribution < -0.4 is 0 Å². The van der Waals surface area contributed by atoms with Crippen LogP contribution in [0.4, 0.5) is 4.39 Å². The van der Waals surface area contributed by atoms with E-state index in [2.05, 4.69) is 61.1 Å². The van der Waals surface area contributed by atoms with Gasteiger partial charge in [-0.2, -0.15) is 0 Å². The SMILES string of the molecule is Fc1ccc(I)c(I)c1Br. The summed E-state index contributed by atoms with van der Waals surface area (Å²) < 4.78 is 15.3. The normalized spacial score (nSPS) is 10.0. The summed E-state index contributed by atoms with van der Waals surface area (Å²) in [4.78, 5) is 0. The molecule has 0 nitrogen and oxygen atoms in total. The molecule has 1 aromatic rings. The van der Waals surface area contributed by atoms with Crippen molar-refractivity contribution < 1.29 is 4.39 Å². The molecular weight excluding hydrogens is 425 g/mol. The van der Waals surface area contributed by atoms with Crippen LogP contribution in [-0.4, -0.2) is 0 Å². The smallest absolute Gasteiger partial charge is 0.138 e. The molecule has 0 atom stereocenters. The molecule has 0 saturated carbocycles. The molecule has 0 heterocycles. The summed E-state index contributed by atoms with van der Waals surface area (Å²) in [5, 5.41) is 0. The van der Waals surface area contributed by atoms with Gasteiger partial charge in [-0.3, -0.25) is 0 Å². The number of hydrogen-bond donors (Lipinski definition) is 0. The van der Waals surface area contributed by atoms with E-state index in [-0.39, 0.29) is 5.82 Å². The molecular formula is C6H2BrFI2. The van der Waals surface area contributed by atoms with Crippen molar-refractivity contribution in [1.82, 2.24) is 0 Å². The fraction of sp³-hybridized carbons (Fsp3) is 0. The van der Waals surface area contributed by atoms with E-state index in [4.69, 9.17) is 0 Å². The minimum absolute atomic E-state index is 0.204. The lowest BCUT2D eigenvalue weighted by atomic mass is 10.4. The van der Waals surface area contributed by atoms with Crippen LogP contribution in [0.5, 0.6) is 0 Å². The Morgan fingerprint density at radius 2 is 1.90 bits per heavy atom. The topological polar surface area (TPSA) is 0 Å². The van der Waals surface area contributed by atoms with Crippen molar-refractivity contribution in [2.75, 3.05) is 0 Å². The van der Waals surface area contributed by atoms with Gasteiger partial charge in [-0.05, 0) is 73.2 Å². The average Bonchev–Trinajstić information content (AvgIpc) is 1.93. The second-order valence-electron chi connectivity index (χ2n) is 1.66. The first-order valence-corrected chi connectivity index (χ1v) is 5.37. The van der Waals surface area contributed by atoms with Gasteiger partial charge < -0.3 is 0 Å². The molecule has 54 valence electrons. The summed E-state index contributed by atoms with van der Waals surface area (Å²) in [5.41, 5.74) is 0. The highest BCUT2D eigenvalue weighted by atomic mass is 127. The molecule has 0 amide bonds. The van der Waals surface area contributed by atoms with Crippen molar-refractivity contribution in [3.05, 3.63) is 29.6 Å². The average molecular weight is 427 g/mol. The first-order chi connectivity index (χ1) is 4.63.